The Kier molecular flexibility index (Phi) is 10.3. The molecule has 8 nitrogen and oxygen atoms in total. The number of hydrogen-bond donors (Lipinski definition) is 1. The van der Waals surface area contributed by atoms with E-state index in [-0.39, 0.29) is 47.8 Å². The summed E-state index contributed by atoms with van der Waals surface area (Å²) >= 11 is 0. The van der Waals surface area contributed by atoms with E-state index < -0.39 is 71.5 Å². The number of hydrogen-bond acceptors (Lipinski definition) is 5. The zero-order chi connectivity index (χ0) is 34.1. The van der Waals surface area contributed by atoms with Gasteiger partial charge in [-0.2, -0.15) is 44.6 Å². The van der Waals surface area contributed by atoms with E-state index in [0.717, 1.165) is 9.80 Å². The minimum absolute atomic E-state index is 0.0257. The molecule has 0 radical (unpaired) electrons. The summed E-state index contributed by atoms with van der Waals surface area (Å²) in [6.07, 6.45) is -16.5. The molecule has 1 amide bonds. The molecule has 1 heterocycles. The molecule has 0 spiro atoms. The third-order valence-corrected chi connectivity index (χ3v) is 7.04. The number of benzene rings is 2. The Morgan fingerprint density at radius 1 is 1.00 bits per heavy atom. The number of halogens is 9. The second-order valence-corrected chi connectivity index (χ2v) is 10.6. The molecular weight excluding hydrogens is 623 g/mol. The Labute approximate surface area is 252 Å². The van der Waals surface area contributed by atoms with Gasteiger partial charge >= 0.3 is 24.6 Å². The number of aryl methyl sites for hydroxylation is 1. The second kappa shape index (κ2) is 13.1. The van der Waals surface area contributed by atoms with E-state index in [2.05, 4.69) is 15.3 Å². The maximum Gasteiger partial charge on any atom is 0.416 e. The highest BCUT2D eigenvalue weighted by Crippen LogP contribution is 2.46. The lowest BCUT2D eigenvalue weighted by atomic mass is 9.90. The molecule has 0 aromatic heterocycles. The molecule has 3 rings (SSSR count). The Balaban J connectivity index is 2.35. The van der Waals surface area contributed by atoms with E-state index in [4.69, 9.17) is 10.6 Å². The van der Waals surface area contributed by atoms with E-state index in [9.17, 15) is 44.3 Å². The monoisotopic (exact) mass is 654 g/mol. The average Bonchev–Trinajstić information content (AvgIpc) is 3.08. The average molecular weight is 655 g/mol. The molecular formula is C28H31F9N6O2. The zero-order valence-electron chi connectivity index (χ0n) is 24.8. The van der Waals surface area contributed by atoms with Gasteiger partial charge in [-0.25, -0.2) is 4.79 Å². The molecule has 1 aliphatic rings. The molecule has 0 saturated carbocycles. The van der Waals surface area contributed by atoms with Crippen LogP contribution in [0.3, 0.4) is 0 Å². The van der Waals surface area contributed by atoms with Crippen molar-refractivity contribution in [1.82, 2.24) is 4.90 Å². The topological polar surface area (TPSA) is 95.9 Å². The number of rotatable bonds is 4. The third-order valence-electron chi connectivity index (χ3n) is 7.04. The van der Waals surface area contributed by atoms with Gasteiger partial charge in [-0.05, 0) is 81.0 Å². The molecule has 248 valence electrons. The van der Waals surface area contributed by atoms with E-state index in [1.807, 2.05) is 0 Å². The summed E-state index contributed by atoms with van der Waals surface area (Å²) in [7, 11) is 1.21. The van der Waals surface area contributed by atoms with Crippen LogP contribution in [0.5, 0.6) is 0 Å². The quantitative estimate of drug-likeness (QED) is 0.0895. The molecule has 1 unspecified atom stereocenters. The van der Waals surface area contributed by atoms with Gasteiger partial charge in [-0.3, -0.25) is 4.90 Å². The maximum atomic E-state index is 14.2. The summed E-state index contributed by atoms with van der Waals surface area (Å²) in [5.41, 5.74) is -5.24. The summed E-state index contributed by atoms with van der Waals surface area (Å²) in [5.74, 6) is 5.12. The van der Waals surface area contributed by atoms with Crippen LogP contribution >= 0.6 is 0 Å². The van der Waals surface area contributed by atoms with Crippen LogP contribution < -0.4 is 10.7 Å². The third kappa shape index (κ3) is 7.97. The lowest BCUT2D eigenvalue weighted by Gasteiger charge is -2.34. The molecule has 0 fully saturated rings. The van der Waals surface area contributed by atoms with Crippen LogP contribution in [0.25, 0.3) is 0 Å². The smallest absolute Gasteiger partial charge is 0.416 e. The van der Waals surface area contributed by atoms with E-state index in [0.29, 0.717) is 12.1 Å². The number of hydrazone groups is 1. The van der Waals surface area contributed by atoms with Gasteiger partial charge in [0, 0.05) is 20.1 Å². The Morgan fingerprint density at radius 3 is 2.04 bits per heavy atom. The van der Waals surface area contributed by atoms with Gasteiger partial charge in [0.1, 0.15) is 0 Å². The van der Waals surface area contributed by atoms with Gasteiger partial charge in [-0.1, -0.05) is 6.07 Å². The van der Waals surface area contributed by atoms with Crippen molar-refractivity contribution >= 4 is 17.7 Å². The minimum atomic E-state index is -5.14. The fourth-order valence-corrected chi connectivity index (χ4v) is 5.41. The van der Waals surface area contributed by atoms with Gasteiger partial charge in [0.05, 0.1) is 34.5 Å². The number of guanidine groups is 1. The number of carbonyl (C=O) groups is 1. The predicted octanol–water partition coefficient (Wildman–Crippen LogP) is 8.36. The van der Waals surface area contributed by atoms with E-state index in [1.54, 1.807) is 13.8 Å². The van der Waals surface area contributed by atoms with Crippen LogP contribution in [-0.2, 0) is 29.8 Å². The first-order valence-corrected chi connectivity index (χ1v) is 13.5. The number of carbonyl (C=O) groups excluding carboxylic acids is 1. The lowest BCUT2D eigenvalue weighted by Crippen LogP contribution is -2.36. The van der Waals surface area contributed by atoms with Crippen molar-refractivity contribution < 1.29 is 49.0 Å². The molecule has 45 heavy (non-hydrogen) atoms. The Hall–Kier alpha value is -4.05. The lowest BCUT2D eigenvalue weighted by molar-refractivity contribution is -0.143. The van der Waals surface area contributed by atoms with E-state index in [1.165, 1.54) is 27.0 Å². The standard InChI is InChI=1S/C28H31F9N6O2/c1-14(2)45-25(44)42-8-6-7-21(20-9-15(3)22(28(35,36)37)16(4)23(20)42)43(24(40-38)41-39-5)13-17-10-18(26(29,30)31)12-19(11-17)27(32,33)34/h9-12,14,21H,6-8,13,38H2,1-5H3. The fraction of sp³-hybridized carbons (Fsp3) is 0.500. The van der Waals surface area contributed by atoms with Crippen molar-refractivity contribution in [3.63, 3.8) is 0 Å². The molecule has 17 heteroatoms. The van der Waals surface area contributed by atoms with Gasteiger partial charge < -0.3 is 15.5 Å². The van der Waals surface area contributed by atoms with Crippen LogP contribution in [0.15, 0.2) is 39.6 Å². The number of ether oxygens (including phenoxy) is 1. The number of amides is 1. The largest absolute Gasteiger partial charge is 0.446 e. The first-order valence-electron chi connectivity index (χ1n) is 13.5. The molecule has 1 aliphatic heterocycles. The van der Waals surface area contributed by atoms with Crippen LogP contribution in [0, 0.1) is 13.8 Å². The van der Waals surface area contributed by atoms with Crippen molar-refractivity contribution in [3.8, 4) is 0 Å². The van der Waals surface area contributed by atoms with Crippen LogP contribution in [0.1, 0.15) is 71.7 Å². The van der Waals surface area contributed by atoms with Crippen LogP contribution in [0.4, 0.5) is 50.0 Å². The van der Waals surface area contributed by atoms with E-state index >= 15 is 0 Å². The summed E-state index contributed by atoms with van der Waals surface area (Å²) in [6, 6.07) is 1.10. The number of azo groups is 1. The fourth-order valence-electron chi connectivity index (χ4n) is 5.41. The van der Waals surface area contributed by atoms with Crippen molar-refractivity contribution in [2.24, 2.45) is 21.2 Å². The number of nitrogens with zero attached hydrogens (tertiary/aromatic N) is 5. The van der Waals surface area contributed by atoms with Crippen molar-refractivity contribution in [1.29, 1.82) is 0 Å². The second-order valence-electron chi connectivity index (χ2n) is 10.6. The highest BCUT2D eigenvalue weighted by atomic mass is 19.4. The van der Waals surface area contributed by atoms with Crippen LogP contribution in [-0.4, -0.2) is 36.6 Å². The van der Waals surface area contributed by atoms with Crippen molar-refractivity contribution in [2.45, 2.75) is 77.8 Å². The number of fused-ring (bicyclic) bond motifs is 1. The van der Waals surface area contributed by atoms with Crippen molar-refractivity contribution in [2.75, 3.05) is 18.5 Å². The summed E-state index contributed by atoms with van der Waals surface area (Å²) in [4.78, 5) is 15.4. The SMILES string of the molecule is CN=NC(=NN)N(Cc1cc(C(F)(F)F)cc(C(F)(F)F)c1)C1CCCN(C(=O)OC(C)C)c2c1cc(C)c(C(F)(F)F)c2C. The van der Waals surface area contributed by atoms with Gasteiger partial charge in [0.15, 0.2) is 0 Å². The molecule has 2 N–H and O–H groups in total. The first kappa shape index (κ1) is 35.4. The molecule has 0 bridgehead atoms. The predicted molar refractivity (Wildman–Crippen MR) is 146 cm³/mol. The van der Waals surface area contributed by atoms with Gasteiger partial charge in [-0.15, -0.1) is 10.2 Å². The number of alkyl halides is 9. The summed E-state index contributed by atoms with van der Waals surface area (Å²) in [5, 5.41) is 10.9. The minimum Gasteiger partial charge on any atom is -0.446 e. The first-order chi connectivity index (χ1) is 20.7. The zero-order valence-corrected chi connectivity index (χ0v) is 24.8. The number of nitrogens with two attached hydrogens (primary N) is 1. The van der Waals surface area contributed by atoms with Crippen molar-refractivity contribution in [3.05, 3.63) is 63.2 Å². The van der Waals surface area contributed by atoms with Gasteiger partial charge in [0.25, 0.3) is 5.96 Å². The molecule has 2 aromatic carbocycles. The molecule has 0 saturated heterocycles. The maximum absolute atomic E-state index is 14.2. The van der Waals surface area contributed by atoms with Gasteiger partial charge in [0.2, 0.25) is 0 Å². The number of anilines is 1. The highest BCUT2D eigenvalue weighted by molar-refractivity contribution is 5.91. The normalized spacial score (nSPS) is 16.6. The summed E-state index contributed by atoms with van der Waals surface area (Å²) < 4.78 is 130. The molecule has 2 aromatic rings. The molecule has 0 aliphatic carbocycles. The highest BCUT2D eigenvalue weighted by Gasteiger charge is 2.42. The Morgan fingerprint density at radius 2 is 1.58 bits per heavy atom. The van der Waals surface area contributed by atoms with Crippen LogP contribution in [0.2, 0.25) is 0 Å². The molecule has 1 atom stereocenters. The summed E-state index contributed by atoms with van der Waals surface area (Å²) in [6.45, 7) is 4.66. The Bertz CT molecular complexity index is 1430.